The summed E-state index contributed by atoms with van der Waals surface area (Å²) >= 11 is 5.93. The van der Waals surface area contributed by atoms with Crippen molar-refractivity contribution in [1.82, 2.24) is 9.97 Å². The van der Waals surface area contributed by atoms with Gasteiger partial charge < -0.3 is 10.3 Å². The molecule has 1 aliphatic rings. The minimum absolute atomic E-state index is 0.106. The third-order valence-electron chi connectivity index (χ3n) is 3.09. The molecule has 4 nitrogen and oxygen atoms in total. The highest BCUT2D eigenvalue weighted by atomic mass is 35.5. The first kappa shape index (κ1) is 12.2. The number of halogens is 1. The van der Waals surface area contributed by atoms with Crippen molar-refractivity contribution in [3.8, 4) is 0 Å². The molecule has 2 aromatic rings. The Morgan fingerprint density at radius 3 is 2.95 bits per heavy atom. The monoisotopic (exact) mass is 275 g/mol. The van der Waals surface area contributed by atoms with Gasteiger partial charge in [0, 0.05) is 23.6 Å². The molecule has 1 aromatic carbocycles. The van der Waals surface area contributed by atoms with E-state index in [-0.39, 0.29) is 5.56 Å². The molecule has 1 aromatic heterocycles. The molecular weight excluding hydrogens is 262 g/mol. The molecule has 1 fully saturated rings. The van der Waals surface area contributed by atoms with Crippen molar-refractivity contribution in [3.63, 3.8) is 0 Å². The fraction of sp³-hybridized carbons (Fsp3) is 0.286. The van der Waals surface area contributed by atoms with Gasteiger partial charge in [0.1, 0.15) is 11.6 Å². The van der Waals surface area contributed by atoms with Crippen molar-refractivity contribution < 1.29 is 0 Å². The average molecular weight is 276 g/mol. The van der Waals surface area contributed by atoms with Crippen LogP contribution in [0.25, 0.3) is 0 Å². The summed E-state index contributed by atoms with van der Waals surface area (Å²) in [6.45, 7) is 0.598. The molecule has 3 rings (SSSR count). The van der Waals surface area contributed by atoms with Crippen molar-refractivity contribution >= 4 is 17.4 Å². The Morgan fingerprint density at radius 2 is 2.21 bits per heavy atom. The molecule has 5 heteroatoms. The van der Waals surface area contributed by atoms with Crippen LogP contribution in [0.2, 0.25) is 5.02 Å². The number of nitrogens with one attached hydrogen (secondary N) is 2. The van der Waals surface area contributed by atoms with Crippen molar-refractivity contribution in [1.29, 1.82) is 0 Å². The van der Waals surface area contributed by atoms with Gasteiger partial charge in [-0.05, 0) is 30.5 Å². The maximum Gasteiger partial charge on any atom is 0.252 e. The van der Waals surface area contributed by atoms with Crippen LogP contribution < -0.4 is 10.9 Å². The van der Waals surface area contributed by atoms with Crippen LogP contribution in [-0.2, 0) is 6.54 Å². The van der Waals surface area contributed by atoms with Gasteiger partial charge in [-0.2, -0.15) is 0 Å². The van der Waals surface area contributed by atoms with Crippen LogP contribution in [0.5, 0.6) is 0 Å². The minimum atomic E-state index is -0.106. The van der Waals surface area contributed by atoms with E-state index in [4.69, 9.17) is 11.6 Å². The van der Waals surface area contributed by atoms with E-state index >= 15 is 0 Å². The third kappa shape index (κ3) is 3.15. The minimum Gasteiger partial charge on any atom is -0.366 e. The second kappa shape index (κ2) is 5.05. The number of aromatic nitrogens is 2. The molecule has 0 spiro atoms. The molecule has 0 amide bonds. The number of aromatic amines is 1. The van der Waals surface area contributed by atoms with Crippen molar-refractivity contribution in [3.05, 3.63) is 57.1 Å². The number of hydrogen-bond acceptors (Lipinski definition) is 3. The molecule has 98 valence electrons. The van der Waals surface area contributed by atoms with E-state index in [1.54, 1.807) is 0 Å². The summed E-state index contributed by atoms with van der Waals surface area (Å²) in [5, 5.41) is 3.87. The quantitative estimate of drug-likeness (QED) is 0.902. The standard InChI is InChI=1S/C14H14ClN3O/c15-11-3-1-2-9(6-11)8-16-12-7-13(19)18-14(17-12)10-4-5-10/h1-3,6-7,10H,4-5,8H2,(H2,16,17,18,19). The van der Waals surface area contributed by atoms with E-state index in [1.807, 2.05) is 24.3 Å². The van der Waals surface area contributed by atoms with Crippen LogP contribution in [0.4, 0.5) is 5.82 Å². The van der Waals surface area contributed by atoms with Crippen LogP contribution in [0.3, 0.4) is 0 Å². The van der Waals surface area contributed by atoms with Gasteiger partial charge in [0.2, 0.25) is 0 Å². The normalized spacial score (nSPS) is 14.4. The Morgan fingerprint density at radius 1 is 1.37 bits per heavy atom. The summed E-state index contributed by atoms with van der Waals surface area (Å²) in [5.41, 5.74) is 0.952. The lowest BCUT2D eigenvalue weighted by molar-refractivity contribution is 0.903. The lowest BCUT2D eigenvalue weighted by Gasteiger charge is -2.07. The topological polar surface area (TPSA) is 57.8 Å². The zero-order valence-electron chi connectivity index (χ0n) is 10.3. The third-order valence-corrected chi connectivity index (χ3v) is 3.32. The van der Waals surface area contributed by atoms with Gasteiger partial charge >= 0.3 is 0 Å². The molecule has 1 heterocycles. The van der Waals surface area contributed by atoms with Crippen molar-refractivity contribution in [2.45, 2.75) is 25.3 Å². The van der Waals surface area contributed by atoms with E-state index in [0.29, 0.717) is 23.3 Å². The highest BCUT2D eigenvalue weighted by Gasteiger charge is 2.26. The lowest BCUT2D eigenvalue weighted by atomic mass is 10.2. The fourth-order valence-corrected chi connectivity index (χ4v) is 2.17. The Hall–Kier alpha value is -1.81. The van der Waals surface area contributed by atoms with E-state index in [9.17, 15) is 4.79 Å². The van der Waals surface area contributed by atoms with E-state index in [1.165, 1.54) is 6.07 Å². The number of rotatable bonds is 4. The summed E-state index contributed by atoms with van der Waals surface area (Å²) in [5.74, 6) is 1.84. The molecule has 0 unspecified atom stereocenters. The average Bonchev–Trinajstić information content (AvgIpc) is 3.20. The summed E-state index contributed by atoms with van der Waals surface area (Å²) in [6, 6.07) is 9.09. The van der Waals surface area contributed by atoms with Crippen LogP contribution >= 0.6 is 11.6 Å². The SMILES string of the molecule is O=c1cc(NCc2cccc(Cl)c2)nc(C2CC2)[nH]1. The Bertz CT molecular complexity index is 649. The van der Waals surface area contributed by atoms with E-state index < -0.39 is 0 Å². The molecule has 0 radical (unpaired) electrons. The van der Waals surface area contributed by atoms with Gasteiger partial charge in [-0.15, -0.1) is 0 Å². The predicted molar refractivity (Wildman–Crippen MR) is 75.6 cm³/mol. The summed E-state index contributed by atoms with van der Waals surface area (Å²) < 4.78 is 0. The maximum atomic E-state index is 11.6. The first-order valence-electron chi connectivity index (χ1n) is 6.30. The molecule has 0 saturated heterocycles. The van der Waals surface area contributed by atoms with Gasteiger partial charge in [-0.1, -0.05) is 23.7 Å². The zero-order chi connectivity index (χ0) is 13.2. The fourth-order valence-electron chi connectivity index (χ4n) is 1.96. The van der Waals surface area contributed by atoms with Crippen LogP contribution in [-0.4, -0.2) is 9.97 Å². The largest absolute Gasteiger partial charge is 0.366 e. The molecule has 0 atom stereocenters. The Balaban J connectivity index is 1.74. The molecule has 0 bridgehead atoms. The number of anilines is 1. The Kier molecular flexibility index (Phi) is 3.25. The lowest BCUT2D eigenvalue weighted by Crippen LogP contribution is -2.13. The predicted octanol–water partition coefficient (Wildman–Crippen LogP) is 2.91. The number of hydrogen-bond donors (Lipinski definition) is 2. The first-order chi connectivity index (χ1) is 9.20. The second-order valence-electron chi connectivity index (χ2n) is 4.77. The zero-order valence-corrected chi connectivity index (χ0v) is 11.1. The molecule has 2 N–H and O–H groups in total. The molecular formula is C14H14ClN3O. The highest BCUT2D eigenvalue weighted by molar-refractivity contribution is 6.30. The van der Waals surface area contributed by atoms with Crippen LogP contribution in [0, 0.1) is 0 Å². The van der Waals surface area contributed by atoms with Crippen LogP contribution in [0.1, 0.15) is 30.1 Å². The van der Waals surface area contributed by atoms with Gasteiger partial charge in [-0.25, -0.2) is 4.98 Å². The second-order valence-corrected chi connectivity index (χ2v) is 5.21. The van der Waals surface area contributed by atoms with Crippen LogP contribution in [0.15, 0.2) is 35.1 Å². The number of nitrogens with zero attached hydrogens (tertiary/aromatic N) is 1. The van der Waals surface area contributed by atoms with Crippen molar-refractivity contribution in [2.75, 3.05) is 5.32 Å². The number of H-pyrrole nitrogens is 1. The van der Waals surface area contributed by atoms with Gasteiger partial charge in [0.05, 0.1) is 0 Å². The summed E-state index contributed by atoms with van der Waals surface area (Å²) in [4.78, 5) is 18.8. The molecule has 0 aliphatic heterocycles. The van der Waals surface area contributed by atoms with Gasteiger partial charge in [-0.3, -0.25) is 4.79 Å². The smallest absolute Gasteiger partial charge is 0.252 e. The summed E-state index contributed by atoms with van der Waals surface area (Å²) in [6.07, 6.45) is 2.22. The maximum absolute atomic E-state index is 11.6. The first-order valence-corrected chi connectivity index (χ1v) is 6.68. The molecule has 19 heavy (non-hydrogen) atoms. The van der Waals surface area contributed by atoms with E-state index in [2.05, 4.69) is 15.3 Å². The number of benzene rings is 1. The highest BCUT2D eigenvalue weighted by Crippen LogP contribution is 2.37. The molecule has 1 aliphatic carbocycles. The molecule has 1 saturated carbocycles. The van der Waals surface area contributed by atoms with Gasteiger partial charge in [0.25, 0.3) is 5.56 Å². The van der Waals surface area contributed by atoms with Gasteiger partial charge in [0.15, 0.2) is 0 Å². The van der Waals surface area contributed by atoms with E-state index in [0.717, 1.165) is 24.2 Å². The summed E-state index contributed by atoms with van der Waals surface area (Å²) in [7, 11) is 0. The van der Waals surface area contributed by atoms with Crippen molar-refractivity contribution in [2.24, 2.45) is 0 Å². The Labute approximate surface area is 115 Å².